The molecule has 2 aromatic rings. The monoisotopic (exact) mass is 386 g/mol. The van der Waals surface area contributed by atoms with E-state index in [9.17, 15) is 4.79 Å². The summed E-state index contributed by atoms with van der Waals surface area (Å²) in [5.41, 5.74) is 1.90. The highest BCUT2D eigenvalue weighted by atomic mass is 35.5. The van der Waals surface area contributed by atoms with Crippen molar-refractivity contribution in [1.82, 2.24) is 15.1 Å². The average molecular weight is 387 g/mol. The molecule has 2 atom stereocenters. The Balaban J connectivity index is 1.70. The maximum atomic E-state index is 12.5. The molecule has 2 N–H and O–H groups in total. The Morgan fingerprint density at radius 1 is 1.04 bits per heavy atom. The van der Waals surface area contributed by atoms with E-state index < -0.39 is 0 Å². The summed E-state index contributed by atoms with van der Waals surface area (Å²) >= 11 is 6.00. The number of anilines is 1. The van der Waals surface area contributed by atoms with Gasteiger partial charge in [-0.15, -0.1) is 0 Å². The molecule has 0 unspecified atom stereocenters. The quantitative estimate of drug-likeness (QED) is 0.820. The molecule has 1 aliphatic heterocycles. The minimum Gasteiger partial charge on any atom is -0.333 e. The topological polar surface area (TPSA) is 47.6 Å². The van der Waals surface area contributed by atoms with Crippen molar-refractivity contribution in [2.24, 2.45) is 0 Å². The summed E-state index contributed by atoms with van der Waals surface area (Å²) in [7, 11) is 2.15. The molecule has 2 amide bonds. The van der Waals surface area contributed by atoms with Gasteiger partial charge in [-0.05, 0) is 37.7 Å². The van der Waals surface area contributed by atoms with Gasteiger partial charge in [0.25, 0.3) is 0 Å². The van der Waals surface area contributed by atoms with Crippen LogP contribution in [0.25, 0.3) is 0 Å². The smallest absolute Gasteiger partial charge is 0.319 e. The van der Waals surface area contributed by atoms with Crippen LogP contribution >= 0.6 is 11.6 Å². The third kappa shape index (κ3) is 5.45. The van der Waals surface area contributed by atoms with Crippen molar-refractivity contribution in [1.29, 1.82) is 0 Å². The number of hydrogen-bond donors (Lipinski definition) is 2. The highest BCUT2D eigenvalue weighted by Crippen LogP contribution is 2.25. The number of piperazine rings is 1. The predicted molar refractivity (Wildman–Crippen MR) is 111 cm³/mol. The van der Waals surface area contributed by atoms with Gasteiger partial charge in [0.2, 0.25) is 0 Å². The van der Waals surface area contributed by atoms with Crippen molar-refractivity contribution in [2.45, 2.75) is 19.0 Å². The maximum absolute atomic E-state index is 12.5. The summed E-state index contributed by atoms with van der Waals surface area (Å²) in [5.74, 6) is 0. The lowest BCUT2D eigenvalue weighted by Crippen LogP contribution is -2.52. The summed E-state index contributed by atoms with van der Waals surface area (Å²) in [4.78, 5) is 17.3. The third-order valence-electron chi connectivity index (χ3n) is 4.99. The van der Waals surface area contributed by atoms with Crippen molar-refractivity contribution in [3.05, 3.63) is 65.2 Å². The van der Waals surface area contributed by atoms with E-state index in [4.69, 9.17) is 11.6 Å². The Kier molecular flexibility index (Phi) is 6.72. The lowest BCUT2D eigenvalue weighted by molar-refractivity contribution is 0.0954. The first-order valence-corrected chi connectivity index (χ1v) is 9.71. The number of carbonyl (C=O) groups is 1. The van der Waals surface area contributed by atoms with Crippen LogP contribution in [-0.4, -0.2) is 55.1 Å². The largest absolute Gasteiger partial charge is 0.333 e. The van der Waals surface area contributed by atoms with Gasteiger partial charge >= 0.3 is 6.03 Å². The molecule has 6 heteroatoms. The van der Waals surface area contributed by atoms with Crippen LogP contribution in [0.5, 0.6) is 0 Å². The molecule has 0 spiro atoms. The number of carbonyl (C=O) groups excluding carboxylic acids is 1. The second-order valence-electron chi connectivity index (χ2n) is 7.09. The number of nitrogens with zero attached hydrogens (tertiary/aromatic N) is 2. The molecule has 0 bridgehead atoms. The molecule has 2 aromatic carbocycles. The summed E-state index contributed by atoms with van der Waals surface area (Å²) in [5, 5.41) is 6.57. The lowest BCUT2D eigenvalue weighted by Gasteiger charge is -2.41. The van der Waals surface area contributed by atoms with Crippen LogP contribution in [-0.2, 0) is 0 Å². The fraction of sp³-hybridized carbons (Fsp3) is 0.381. The highest BCUT2D eigenvalue weighted by molar-refractivity contribution is 6.30. The van der Waals surface area contributed by atoms with Crippen molar-refractivity contribution < 1.29 is 4.79 Å². The van der Waals surface area contributed by atoms with Crippen LogP contribution in [0.4, 0.5) is 10.5 Å². The highest BCUT2D eigenvalue weighted by Gasteiger charge is 2.29. The number of benzene rings is 2. The summed E-state index contributed by atoms with van der Waals surface area (Å²) in [6, 6.07) is 17.4. The van der Waals surface area contributed by atoms with Crippen LogP contribution in [0.3, 0.4) is 0 Å². The molecule has 5 nitrogen and oxygen atoms in total. The molecule has 144 valence electrons. The second-order valence-corrected chi connectivity index (χ2v) is 7.53. The van der Waals surface area contributed by atoms with Gasteiger partial charge < -0.3 is 15.5 Å². The molecule has 0 saturated carbocycles. The van der Waals surface area contributed by atoms with Gasteiger partial charge in [0.1, 0.15) is 0 Å². The molecule has 0 aliphatic carbocycles. The van der Waals surface area contributed by atoms with Gasteiger partial charge in [0.15, 0.2) is 0 Å². The number of nitrogens with one attached hydrogen (secondary N) is 2. The molecule has 1 saturated heterocycles. The van der Waals surface area contributed by atoms with E-state index in [0.29, 0.717) is 10.7 Å². The Bertz CT molecular complexity index is 747. The Morgan fingerprint density at radius 3 is 2.41 bits per heavy atom. The molecule has 1 aliphatic rings. The van der Waals surface area contributed by atoms with E-state index in [-0.39, 0.29) is 18.1 Å². The van der Waals surface area contributed by atoms with Crippen molar-refractivity contribution in [2.75, 3.05) is 38.5 Å². The maximum Gasteiger partial charge on any atom is 0.319 e. The molecule has 3 rings (SSSR count). The summed E-state index contributed by atoms with van der Waals surface area (Å²) < 4.78 is 0. The van der Waals surface area contributed by atoms with Gasteiger partial charge in [0.05, 0.1) is 6.04 Å². The first-order valence-electron chi connectivity index (χ1n) is 9.33. The summed E-state index contributed by atoms with van der Waals surface area (Å²) in [6.07, 6.45) is 0. The van der Waals surface area contributed by atoms with Gasteiger partial charge in [-0.2, -0.15) is 0 Å². The molecular weight excluding hydrogens is 360 g/mol. The van der Waals surface area contributed by atoms with E-state index in [1.807, 2.05) is 18.2 Å². The number of likely N-dealkylation sites (N-methyl/N-ethyl adjacent to an activating group) is 1. The Labute approximate surface area is 166 Å². The number of urea groups is 1. The van der Waals surface area contributed by atoms with Gasteiger partial charge in [-0.3, -0.25) is 4.90 Å². The van der Waals surface area contributed by atoms with Gasteiger partial charge in [-0.25, -0.2) is 4.79 Å². The van der Waals surface area contributed by atoms with Crippen molar-refractivity contribution in [3.8, 4) is 0 Å². The SMILES string of the molecule is C[C@@H](NC(=O)Nc1cccc(Cl)c1)[C@H](c1ccccc1)N1CCN(C)CC1. The first kappa shape index (κ1) is 19.7. The minimum atomic E-state index is -0.222. The molecular formula is C21H27ClN4O. The lowest BCUT2D eigenvalue weighted by atomic mass is 9.98. The molecule has 0 aromatic heterocycles. The minimum absolute atomic E-state index is 0.0463. The first-order chi connectivity index (χ1) is 13.0. The van der Waals surface area contributed by atoms with E-state index in [1.165, 1.54) is 5.56 Å². The molecule has 1 heterocycles. The zero-order valence-corrected chi connectivity index (χ0v) is 16.6. The van der Waals surface area contributed by atoms with Crippen LogP contribution < -0.4 is 10.6 Å². The average Bonchev–Trinajstić information content (AvgIpc) is 2.64. The predicted octanol–water partition coefficient (Wildman–Crippen LogP) is 3.84. The molecule has 0 radical (unpaired) electrons. The normalized spacial score (nSPS) is 17.9. The Morgan fingerprint density at radius 2 is 1.74 bits per heavy atom. The zero-order chi connectivity index (χ0) is 19.2. The second kappa shape index (κ2) is 9.22. The van der Waals surface area contributed by atoms with Gasteiger partial charge in [-0.1, -0.05) is 48.0 Å². The molecule has 27 heavy (non-hydrogen) atoms. The third-order valence-corrected chi connectivity index (χ3v) is 5.22. The van der Waals surface area contributed by atoms with E-state index in [2.05, 4.69) is 58.7 Å². The number of halogens is 1. The van der Waals surface area contributed by atoms with Crippen LogP contribution in [0.1, 0.15) is 18.5 Å². The zero-order valence-electron chi connectivity index (χ0n) is 15.9. The van der Waals surface area contributed by atoms with Crippen LogP contribution in [0.15, 0.2) is 54.6 Å². The van der Waals surface area contributed by atoms with Crippen LogP contribution in [0.2, 0.25) is 5.02 Å². The summed E-state index contributed by atoms with van der Waals surface area (Å²) in [6.45, 7) is 6.10. The fourth-order valence-electron chi connectivity index (χ4n) is 3.59. The number of rotatable bonds is 5. The van der Waals surface area contributed by atoms with Gasteiger partial charge in [0, 0.05) is 42.9 Å². The van der Waals surface area contributed by atoms with E-state index >= 15 is 0 Å². The fourth-order valence-corrected chi connectivity index (χ4v) is 3.78. The molecule has 1 fully saturated rings. The standard InChI is InChI=1S/C21H27ClN4O/c1-16(23-21(27)24-19-10-6-9-18(22)15-19)20(17-7-4-3-5-8-17)26-13-11-25(2)12-14-26/h3-10,15-16,20H,11-14H2,1-2H3,(H2,23,24,27)/t16-,20-/m1/s1. The number of hydrogen-bond acceptors (Lipinski definition) is 3. The number of amides is 2. The van der Waals surface area contributed by atoms with E-state index in [1.54, 1.807) is 12.1 Å². The van der Waals surface area contributed by atoms with Crippen molar-refractivity contribution >= 4 is 23.3 Å². The van der Waals surface area contributed by atoms with Crippen LogP contribution in [0, 0.1) is 0 Å². The Hall–Kier alpha value is -2.08. The van der Waals surface area contributed by atoms with E-state index in [0.717, 1.165) is 26.2 Å². The van der Waals surface area contributed by atoms with Crippen molar-refractivity contribution in [3.63, 3.8) is 0 Å².